The molecule has 1 N–H and O–H groups in total. The zero-order valence-electron chi connectivity index (χ0n) is 18.4. The molecule has 5 rings (SSSR count). The highest BCUT2D eigenvalue weighted by Gasteiger charge is 2.32. The Bertz CT molecular complexity index is 1460. The minimum Gasteiger partial charge on any atom is -0.322 e. The normalized spacial score (nSPS) is 17.5. The van der Waals surface area contributed by atoms with Gasteiger partial charge in [0.1, 0.15) is 0 Å². The summed E-state index contributed by atoms with van der Waals surface area (Å²) in [6.45, 7) is 3.89. The smallest absolute Gasteiger partial charge is 0.256 e. The van der Waals surface area contributed by atoms with E-state index in [4.69, 9.17) is 4.98 Å². The third-order valence-electron chi connectivity index (χ3n) is 6.06. The van der Waals surface area contributed by atoms with E-state index in [2.05, 4.69) is 10.4 Å². The van der Waals surface area contributed by atoms with Gasteiger partial charge in [-0.1, -0.05) is 31.2 Å². The Morgan fingerprint density at radius 3 is 2.76 bits per heavy atom. The molecular formula is C24H24N4O3S2. The van der Waals surface area contributed by atoms with Gasteiger partial charge in [-0.15, -0.1) is 11.3 Å². The minimum absolute atomic E-state index is 0.0412. The first kappa shape index (κ1) is 21.8. The number of nitrogens with zero attached hydrogens (tertiary/aromatic N) is 3. The van der Waals surface area contributed by atoms with Crippen LogP contribution in [-0.2, 0) is 16.3 Å². The largest absolute Gasteiger partial charge is 0.322 e. The number of carbonyl (C=O) groups excluding carboxylic acids is 1. The predicted molar refractivity (Wildman–Crippen MR) is 132 cm³/mol. The van der Waals surface area contributed by atoms with Crippen molar-refractivity contribution in [3.8, 4) is 10.6 Å². The third-order valence-corrected chi connectivity index (χ3v) is 8.70. The van der Waals surface area contributed by atoms with E-state index in [1.165, 1.54) is 11.3 Å². The molecule has 1 aliphatic rings. The van der Waals surface area contributed by atoms with Gasteiger partial charge in [-0.3, -0.25) is 4.79 Å². The summed E-state index contributed by atoms with van der Waals surface area (Å²) in [6.07, 6.45) is 1.30. The highest BCUT2D eigenvalue weighted by molar-refractivity contribution is 7.91. The summed E-state index contributed by atoms with van der Waals surface area (Å²) in [5.41, 5.74) is 4.20. The molecule has 1 amide bonds. The van der Waals surface area contributed by atoms with Crippen LogP contribution in [-0.4, -0.2) is 40.6 Å². The van der Waals surface area contributed by atoms with Crippen molar-refractivity contribution in [2.75, 3.05) is 16.8 Å². The first-order chi connectivity index (χ1) is 15.9. The Morgan fingerprint density at radius 1 is 1.24 bits per heavy atom. The maximum Gasteiger partial charge on any atom is 0.256 e. The van der Waals surface area contributed by atoms with E-state index < -0.39 is 9.84 Å². The van der Waals surface area contributed by atoms with Gasteiger partial charge in [0.25, 0.3) is 5.91 Å². The molecule has 1 aromatic carbocycles. The fourth-order valence-electron chi connectivity index (χ4n) is 4.41. The van der Waals surface area contributed by atoms with Crippen LogP contribution in [0.15, 0.2) is 47.8 Å². The molecule has 0 radical (unpaired) electrons. The highest BCUT2D eigenvalue weighted by atomic mass is 32.2. The number of pyridine rings is 1. The van der Waals surface area contributed by atoms with Crippen LogP contribution >= 0.6 is 11.3 Å². The third kappa shape index (κ3) is 4.06. The minimum atomic E-state index is -3.10. The van der Waals surface area contributed by atoms with Crippen LogP contribution in [0, 0.1) is 6.92 Å². The van der Waals surface area contributed by atoms with E-state index >= 15 is 0 Å². The molecule has 0 saturated carbocycles. The number of benzene rings is 1. The summed E-state index contributed by atoms with van der Waals surface area (Å²) in [4.78, 5) is 19.3. The van der Waals surface area contributed by atoms with Gasteiger partial charge in [0.05, 0.1) is 44.8 Å². The van der Waals surface area contributed by atoms with Gasteiger partial charge in [0, 0.05) is 5.69 Å². The molecule has 0 bridgehead atoms. The molecule has 1 aliphatic heterocycles. The van der Waals surface area contributed by atoms with Crippen LogP contribution in [0.25, 0.3) is 21.6 Å². The Labute approximate surface area is 196 Å². The molecule has 3 aromatic heterocycles. The second kappa shape index (κ2) is 8.39. The summed E-state index contributed by atoms with van der Waals surface area (Å²) in [5.74, 6) is -0.0496. The van der Waals surface area contributed by atoms with Crippen molar-refractivity contribution in [2.45, 2.75) is 32.7 Å². The van der Waals surface area contributed by atoms with E-state index in [1.54, 1.807) is 4.68 Å². The lowest BCUT2D eigenvalue weighted by molar-refractivity contribution is 0.102. The zero-order valence-corrected chi connectivity index (χ0v) is 20.0. The summed E-state index contributed by atoms with van der Waals surface area (Å²) in [5, 5.41) is 10.3. The molecule has 1 atom stereocenters. The number of thiophene rings is 1. The maximum absolute atomic E-state index is 13.5. The Kier molecular flexibility index (Phi) is 5.54. The summed E-state index contributed by atoms with van der Waals surface area (Å²) < 4.78 is 26.0. The second-order valence-electron chi connectivity index (χ2n) is 8.28. The number of anilines is 1. The first-order valence-corrected chi connectivity index (χ1v) is 13.6. The van der Waals surface area contributed by atoms with Gasteiger partial charge < -0.3 is 5.32 Å². The number of aryl methyl sites for hydroxylation is 2. The lowest BCUT2D eigenvalue weighted by Crippen LogP contribution is -2.15. The van der Waals surface area contributed by atoms with Gasteiger partial charge in [0.15, 0.2) is 15.5 Å². The molecule has 4 heterocycles. The molecule has 0 aliphatic carbocycles. The maximum atomic E-state index is 13.5. The van der Waals surface area contributed by atoms with E-state index in [9.17, 15) is 13.2 Å². The van der Waals surface area contributed by atoms with Crippen LogP contribution in [0.4, 0.5) is 5.69 Å². The van der Waals surface area contributed by atoms with E-state index in [0.717, 1.165) is 22.5 Å². The highest BCUT2D eigenvalue weighted by Crippen LogP contribution is 2.33. The fourth-order valence-corrected chi connectivity index (χ4v) is 6.78. The number of sulfone groups is 1. The second-order valence-corrected chi connectivity index (χ2v) is 11.5. The van der Waals surface area contributed by atoms with Gasteiger partial charge in [-0.2, -0.15) is 5.10 Å². The Balaban J connectivity index is 1.67. The zero-order chi connectivity index (χ0) is 23.2. The number of rotatable bonds is 5. The molecule has 1 unspecified atom stereocenters. The van der Waals surface area contributed by atoms with Crippen molar-refractivity contribution >= 4 is 43.8 Å². The van der Waals surface area contributed by atoms with Crippen molar-refractivity contribution in [2.24, 2.45) is 0 Å². The van der Waals surface area contributed by atoms with Crippen LogP contribution in [0.3, 0.4) is 0 Å². The Morgan fingerprint density at radius 2 is 2.06 bits per heavy atom. The van der Waals surface area contributed by atoms with Crippen molar-refractivity contribution in [3.05, 3.63) is 64.7 Å². The van der Waals surface area contributed by atoms with E-state index in [0.29, 0.717) is 34.4 Å². The lowest BCUT2D eigenvalue weighted by Gasteiger charge is -2.13. The number of nitrogens with one attached hydrogen (secondary N) is 1. The van der Waals surface area contributed by atoms with Gasteiger partial charge >= 0.3 is 0 Å². The summed E-state index contributed by atoms with van der Waals surface area (Å²) >= 11 is 1.54. The van der Waals surface area contributed by atoms with Crippen molar-refractivity contribution < 1.29 is 13.2 Å². The van der Waals surface area contributed by atoms with Crippen molar-refractivity contribution in [3.63, 3.8) is 0 Å². The molecule has 33 heavy (non-hydrogen) atoms. The number of hydrogen-bond donors (Lipinski definition) is 1. The molecular weight excluding hydrogens is 456 g/mol. The van der Waals surface area contributed by atoms with Crippen LogP contribution < -0.4 is 5.32 Å². The van der Waals surface area contributed by atoms with Crippen molar-refractivity contribution in [1.82, 2.24) is 14.8 Å². The number of amides is 1. The van der Waals surface area contributed by atoms with Gasteiger partial charge in [-0.25, -0.2) is 18.1 Å². The average Bonchev–Trinajstić information content (AvgIpc) is 3.53. The Hall–Kier alpha value is -3.04. The first-order valence-electron chi connectivity index (χ1n) is 10.9. The standard InChI is InChI=1S/C24H24N4O3S2/c1-3-16-7-4-5-8-19(16)26-24(29)18-13-20(21-9-6-11-32-21)25-23-22(18)15(2)27-28(23)17-10-12-33(30,31)14-17/h4-9,11,13,17H,3,10,12,14H2,1-2H3,(H,26,29). The SMILES string of the molecule is CCc1ccccc1NC(=O)c1cc(-c2cccs2)nc2c1c(C)nn2C1CCS(=O)(=O)C1. The topological polar surface area (TPSA) is 93.9 Å². The van der Waals surface area contributed by atoms with Crippen LogP contribution in [0.5, 0.6) is 0 Å². The molecule has 170 valence electrons. The monoisotopic (exact) mass is 480 g/mol. The molecule has 4 aromatic rings. The summed E-state index contributed by atoms with van der Waals surface area (Å²) in [7, 11) is -3.10. The fraction of sp³-hybridized carbons (Fsp3) is 0.292. The molecule has 1 fully saturated rings. The van der Waals surface area contributed by atoms with Gasteiger partial charge in [0.2, 0.25) is 0 Å². The van der Waals surface area contributed by atoms with Crippen LogP contribution in [0.1, 0.15) is 41.0 Å². The van der Waals surface area contributed by atoms with E-state index in [-0.39, 0.29) is 23.5 Å². The van der Waals surface area contributed by atoms with E-state index in [1.807, 2.05) is 61.7 Å². The van der Waals surface area contributed by atoms with Crippen LogP contribution in [0.2, 0.25) is 0 Å². The quantitative estimate of drug-likeness (QED) is 0.449. The predicted octanol–water partition coefficient (Wildman–Crippen LogP) is 4.64. The number of fused-ring (bicyclic) bond motifs is 1. The molecule has 0 spiro atoms. The lowest BCUT2D eigenvalue weighted by atomic mass is 10.1. The number of hydrogen-bond acceptors (Lipinski definition) is 6. The molecule has 1 saturated heterocycles. The molecule has 9 heteroatoms. The average molecular weight is 481 g/mol. The van der Waals surface area contributed by atoms with Gasteiger partial charge in [-0.05, 0) is 48.9 Å². The number of carbonyl (C=O) groups is 1. The van der Waals surface area contributed by atoms with Crippen molar-refractivity contribution in [1.29, 1.82) is 0 Å². The molecule has 7 nitrogen and oxygen atoms in total. The number of aromatic nitrogens is 3. The summed E-state index contributed by atoms with van der Waals surface area (Å²) in [6, 6.07) is 13.2. The number of para-hydroxylation sites is 1.